The third-order valence-electron chi connectivity index (χ3n) is 28.1. The quantitative estimate of drug-likeness (QED) is 0.121. The minimum Gasteiger partial charge on any atom is -0.310 e. The van der Waals surface area contributed by atoms with Crippen LogP contribution in [0.3, 0.4) is 0 Å². The summed E-state index contributed by atoms with van der Waals surface area (Å²) in [6.45, 7) is 4.75. The largest absolute Gasteiger partial charge is 0.310 e. The first-order chi connectivity index (χ1) is 64.3. The Morgan fingerprint density at radius 1 is 0.208 bits per heavy atom. The maximum Gasteiger partial charge on any atom is 0.0755 e. The lowest BCUT2D eigenvalue weighted by Crippen LogP contribution is -2.36. The third kappa shape index (κ3) is 11.7. The zero-order chi connectivity index (χ0) is 86.2. The first-order valence-electron chi connectivity index (χ1n) is 45.1. The molecule has 2 spiro atoms. The fraction of sp³-hybridized carbons (Fsp3) is 0.0400. The van der Waals surface area contributed by atoms with Gasteiger partial charge in [0.1, 0.15) is 0 Å². The van der Waals surface area contributed by atoms with Gasteiger partial charge in [-0.05, 0) is 238 Å². The molecule has 4 nitrogen and oxygen atoms in total. The monoisotopic (exact) mass is 1670 g/mol. The van der Waals surface area contributed by atoms with Crippen LogP contribution in [0.5, 0.6) is 0 Å². The lowest BCUT2D eigenvalue weighted by molar-refractivity contribution is 0.660. The molecule has 21 aromatic rings. The number of benzene rings is 20. The molecule has 130 heavy (non-hydrogen) atoms. The molecule has 5 heteroatoms. The molecule has 0 bridgehead atoms. The fourth-order valence-corrected chi connectivity index (χ4v) is 23.8. The molecule has 0 unspecified atom stereocenters. The fourth-order valence-electron chi connectivity index (χ4n) is 22.5. The first-order valence-corrected chi connectivity index (χ1v) is 45.9. The average molecular weight is 1680 g/mol. The van der Waals surface area contributed by atoms with Crippen molar-refractivity contribution in [1.82, 2.24) is 0 Å². The smallest absolute Gasteiger partial charge is 0.0755 e. The summed E-state index contributed by atoms with van der Waals surface area (Å²) in [5.41, 5.74) is 42.9. The molecule has 0 saturated heterocycles. The van der Waals surface area contributed by atoms with Crippen LogP contribution >= 0.6 is 11.3 Å². The lowest BCUT2D eigenvalue weighted by Gasteiger charge is -2.45. The molecule has 0 saturated carbocycles. The second-order valence-electron chi connectivity index (χ2n) is 35.2. The lowest BCUT2D eigenvalue weighted by atomic mass is 9.64. The highest BCUT2D eigenvalue weighted by molar-refractivity contribution is 7.26. The molecular formula is C125H86N4S. The zero-order valence-electron chi connectivity index (χ0n) is 71.9. The van der Waals surface area contributed by atoms with Gasteiger partial charge in [-0.25, -0.2) is 0 Å². The molecule has 2 aliphatic heterocycles. The van der Waals surface area contributed by atoms with Gasteiger partial charge in [-0.2, -0.15) is 0 Å². The number of nitrogens with zero attached hydrogens (tertiary/aromatic N) is 4. The highest BCUT2D eigenvalue weighted by atomic mass is 32.1. The molecule has 1 aromatic heterocycles. The Balaban J connectivity index is 0.000000140. The summed E-state index contributed by atoms with van der Waals surface area (Å²) in [6, 6.07) is 180. The normalized spacial score (nSPS) is 13.6. The molecule has 26 rings (SSSR count). The van der Waals surface area contributed by atoms with Gasteiger partial charge in [0.05, 0.1) is 45.0 Å². The molecule has 0 N–H and O–H groups in total. The van der Waals surface area contributed by atoms with Crippen LogP contribution in [0, 0.1) is 0 Å². The van der Waals surface area contributed by atoms with E-state index in [4.69, 9.17) is 0 Å². The van der Waals surface area contributed by atoms with Crippen LogP contribution in [-0.2, 0) is 16.2 Å². The van der Waals surface area contributed by atoms with Crippen LogP contribution in [0.25, 0.3) is 98.1 Å². The molecule has 5 aliphatic rings. The number of anilines is 12. The molecule has 20 aromatic carbocycles. The second-order valence-corrected chi connectivity index (χ2v) is 36.3. The molecule has 3 heterocycles. The van der Waals surface area contributed by atoms with E-state index in [0.717, 1.165) is 45.5 Å². The van der Waals surface area contributed by atoms with E-state index in [-0.39, 0.29) is 5.41 Å². The summed E-state index contributed by atoms with van der Waals surface area (Å²) in [4.78, 5) is 9.92. The van der Waals surface area contributed by atoms with Crippen LogP contribution < -0.4 is 19.6 Å². The number of thiophene rings is 1. The Hall–Kier alpha value is -16.2. The number of rotatable bonds is 12. The van der Waals surface area contributed by atoms with Crippen LogP contribution in [0.4, 0.5) is 68.2 Å². The molecule has 3 aliphatic carbocycles. The summed E-state index contributed by atoms with van der Waals surface area (Å²) < 4.78 is 2.63. The van der Waals surface area contributed by atoms with Gasteiger partial charge >= 0.3 is 0 Å². The standard InChI is InChI=1S/C64H46N2.C61H40N2S/c1-63(2)53-24-11-9-22-50(53)51-41-40-49(42-58(51)63)65(48-38-36-46(37-39-48)45-34-32-44(33-35-45)43-18-5-3-6-19-43)61-31-17-28-57-62(61)52-23-10-12-25-54(52)64(57)55-26-13-15-29-59(55)66(47-20-7-4-8-21-47)60-30-16-14-27-56(60)64;1-3-18-41(19-4-1)42-36-38-45(39-37-42)62(46-23-15-20-43(40-46)47-26-16-27-49-48-24-8-14-35-58(48)64-60(47)49)57-34-17-31-54-59(57)50-25-7-9-28-51(50)61(54)52-29-10-12-32-55(52)63(44-21-5-2-6-22-44)56-33-13-11-30-53(56)61/h3-42H,1-2H3;1-40H. The molecule has 0 fully saturated rings. The van der Waals surface area contributed by atoms with Crippen molar-refractivity contribution in [2.75, 3.05) is 19.6 Å². The topological polar surface area (TPSA) is 13.0 Å². The van der Waals surface area contributed by atoms with Crippen molar-refractivity contribution in [2.45, 2.75) is 30.1 Å². The highest BCUT2D eigenvalue weighted by Crippen LogP contribution is 2.68. The van der Waals surface area contributed by atoms with Gasteiger partial charge < -0.3 is 19.6 Å². The predicted molar refractivity (Wildman–Crippen MR) is 546 cm³/mol. The van der Waals surface area contributed by atoms with Crippen molar-refractivity contribution < 1.29 is 0 Å². The third-order valence-corrected chi connectivity index (χ3v) is 29.3. The van der Waals surface area contributed by atoms with E-state index >= 15 is 0 Å². The number of hydrogen-bond acceptors (Lipinski definition) is 5. The van der Waals surface area contributed by atoms with Gasteiger partial charge in [-0.3, -0.25) is 0 Å². The predicted octanol–water partition coefficient (Wildman–Crippen LogP) is 33.9. The maximum atomic E-state index is 2.52. The van der Waals surface area contributed by atoms with Crippen LogP contribution in [-0.4, -0.2) is 0 Å². The van der Waals surface area contributed by atoms with Crippen LogP contribution in [0.2, 0.25) is 0 Å². The van der Waals surface area contributed by atoms with Crippen molar-refractivity contribution in [1.29, 1.82) is 0 Å². The Kier molecular flexibility index (Phi) is 17.9. The van der Waals surface area contributed by atoms with Crippen molar-refractivity contribution in [2.24, 2.45) is 0 Å². The van der Waals surface area contributed by atoms with Crippen molar-refractivity contribution >= 4 is 99.8 Å². The van der Waals surface area contributed by atoms with Gasteiger partial charge in [-0.1, -0.05) is 384 Å². The molecule has 0 amide bonds. The van der Waals surface area contributed by atoms with E-state index in [2.05, 4.69) is 519 Å². The highest BCUT2D eigenvalue weighted by Gasteiger charge is 2.55. The minimum absolute atomic E-state index is 0.154. The Bertz CT molecular complexity index is 7920. The van der Waals surface area contributed by atoms with Crippen LogP contribution in [0.1, 0.15) is 69.5 Å². The van der Waals surface area contributed by atoms with Gasteiger partial charge in [-0.15, -0.1) is 11.3 Å². The average Bonchev–Trinajstić information content (AvgIpc) is 1.50. The van der Waals surface area contributed by atoms with E-state index in [1.54, 1.807) is 0 Å². The molecule has 612 valence electrons. The Morgan fingerprint density at radius 2 is 0.531 bits per heavy atom. The zero-order valence-corrected chi connectivity index (χ0v) is 72.7. The second kappa shape index (κ2) is 30.6. The van der Waals surface area contributed by atoms with Crippen LogP contribution in [0.15, 0.2) is 485 Å². The SMILES string of the molecule is CC1(C)c2ccccc2-c2ccc(N(c3ccc(-c4ccc(-c5ccccc5)cc4)cc3)c3cccc4c3-c3ccccc3C43c4ccccc4N(c4ccccc4)c4ccccc43)cc21.c1ccc(-c2ccc(N(c3cccc(-c4cccc5c4sc4ccccc45)c3)c3cccc4c3-c3ccccc3C43c4ccccc4N(c4ccccc4)c4ccccc43)cc2)cc1. The van der Waals surface area contributed by atoms with Gasteiger partial charge in [0.2, 0.25) is 0 Å². The van der Waals surface area contributed by atoms with E-state index in [0.29, 0.717) is 0 Å². The minimum atomic E-state index is -0.568. The van der Waals surface area contributed by atoms with E-state index in [9.17, 15) is 0 Å². The molecule has 0 radical (unpaired) electrons. The number of para-hydroxylation sites is 6. The Labute approximate surface area is 762 Å². The van der Waals surface area contributed by atoms with Crippen molar-refractivity contribution in [3.63, 3.8) is 0 Å². The van der Waals surface area contributed by atoms with E-state index < -0.39 is 10.8 Å². The van der Waals surface area contributed by atoms with Gasteiger partial charge in [0, 0.05) is 70.8 Å². The Morgan fingerprint density at radius 3 is 1.01 bits per heavy atom. The summed E-state index contributed by atoms with van der Waals surface area (Å²) in [7, 11) is 0. The van der Waals surface area contributed by atoms with Gasteiger partial charge in [0.15, 0.2) is 0 Å². The summed E-state index contributed by atoms with van der Waals surface area (Å²) >= 11 is 1.88. The molecule has 0 atom stereocenters. The van der Waals surface area contributed by atoms with E-state index in [1.807, 2.05) is 11.3 Å². The van der Waals surface area contributed by atoms with E-state index in [1.165, 1.54) is 176 Å². The summed E-state index contributed by atoms with van der Waals surface area (Å²) in [5, 5.41) is 2.62. The maximum absolute atomic E-state index is 2.52. The summed E-state index contributed by atoms with van der Waals surface area (Å²) in [6.07, 6.45) is 0. The molecular weight excluding hydrogens is 1590 g/mol. The first kappa shape index (κ1) is 76.3. The number of hydrogen-bond donors (Lipinski definition) is 0. The van der Waals surface area contributed by atoms with Crippen molar-refractivity contribution in [3.8, 4) is 77.9 Å². The summed E-state index contributed by atoms with van der Waals surface area (Å²) in [5.74, 6) is 0. The van der Waals surface area contributed by atoms with Gasteiger partial charge in [0.25, 0.3) is 0 Å². The number of fused-ring (bicyclic) bond motifs is 24. The van der Waals surface area contributed by atoms with Crippen molar-refractivity contribution in [3.05, 3.63) is 541 Å².